The number of aliphatic hydroxyl groups is 1. The molecular weight excluding hydrogens is 288 g/mol. The molecule has 122 valence electrons. The topological polar surface area (TPSA) is 75.4 Å². The number of nitrogens with two attached hydrogens (primary N) is 1. The summed E-state index contributed by atoms with van der Waals surface area (Å²) < 4.78 is 0. The van der Waals surface area contributed by atoms with Gasteiger partial charge in [0.1, 0.15) is 5.54 Å². The molecule has 4 nitrogen and oxygen atoms in total. The number of benzene rings is 2. The molecule has 1 unspecified atom stereocenters. The Labute approximate surface area is 137 Å². The summed E-state index contributed by atoms with van der Waals surface area (Å²) in [5, 5.41) is 11.8. The molecule has 0 radical (unpaired) electrons. The van der Waals surface area contributed by atoms with Crippen LogP contribution in [-0.4, -0.2) is 23.2 Å². The van der Waals surface area contributed by atoms with Crippen LogP contribution in [0, 0.1) is 0 Å². The van der Waals surface area contributed by atoms with Crippen molar-refractivity contribution in [1.82, 2.24) is 0 Å². The summed E-state index contributed by atoms with van der Waals surface area (Å²) in [5.41, 5.74) is 8.86. The maximum absolute atomic E-state index is 11.9. The van der Waals surface area contributed by atoms with Crippen molar-refractivity contribution in [2.75, 3.05) is 11.9 Å². The molecule has 0 saturated carbocycles. The molecule has 0 saturated heterocycles. The number of amides is 1. The molecule has 1 atom stereocenters. The molecule has 0 spiro atoms. The Hall–Kier alpha value is -2.17. The van der Waals surface area contributed by atoms with Crippen LogP contribution in [0.2, 0.25) is 0 Å². The fourth-order valence-corrected chi connectivity index (χ4v) is 2.18. The van der Waals surface area contributed by atoms with Gasteiger partial charge in [0.15, 0.2) is 0 Å². The molecule has 4 N–H and O–H groups in total. The zero-order chi connectivity index (χ0) is 16.9. The third kappa shape index (κ3) is 4.65. The van der Waals surface area contributed by atoms with Crippen molar-refractivity contribution < 1.29 is 9.90 Å². The fourth-order valence-electron chi connectivity index (χ4n) is 2.18. The Morgan fingerprint density at radius 3 is 2.00 bits per heavy atom. The highest BCUT2D eigenvalue weighted by atomic mass is 16.3. The first-order valence-corrected chi connectivity index (χ1v) is 7.82. The molecule has 2 rings (SSSR count). The number of hydrogen-bond donors (Lipinski definition) is 3. The van der Waals surface area contributed by atoms with Gasteiger partial charge in [-0.15, -0.1) is 0 Å². The SMILES string of the molecule is CCc1ccc(Cc2ccc(NC(=O)C(C)(N)CO)cc2)cc1. The van der Waals surface area contributed by atoms with Gasteiger partial charge in [-0.1, -0.05) is 43.3 Å². The molecule has 0 aliphatic rings. The number of aliphatic hydroxyl groups excluding tert-OH is 1. The van der Waals surface area contributed by atoms with E-state index in [0.717, 1.165) is 12.8 Å². The second-order valence-electron chi connectivity index (χ2n) is 6.07. The summed E-state index contributed by atoms with van der Waals surface area (Å²) in [4.78, 5) is 11.9. The van der Waals surface area contributed by atoms with Crippen LogP contribution < -0.4 is 11.1 Å². The van der Waals surface area contributed by atoms with Gasteiger partial charge in [0.2, 0.25) is 5.91 Å². The summed E-state index contributed by atoms with van der Waals surface area (Å²) in [5.74, 6) is -0.400. The monoisotopic (exact) mass is 312 g/mol. The summed E-state index contributed by atoms with van der Waals surface area (Å²) in [6.07, 6.45) is 1.89. The molecule has 0 heterocycles. The molecular formula is C19H24N2O2. The van der Waals surface area contributed by atoms with Gasteiger partial charge in [-0.25, -0.2) is 0 Å². The molecule has 4 heteroatoms. The maximum atomic E-state index is 11.9. The van der Waals surface area contributed by atoms with E-state index in [0.29, 0.717) is 5.69 Å². The van der Waals surface area contributed by atoms with E-state index in [-0.39, 0.29) is 0 Å². The third-order valence-electron chi connectivity index (χ3n) is 3.90. The van der Waals surface area contributed by atoms with E-state index in [2.05, 4.69) is 36.5 Å². The molecule has 2 aromatic rings. The Morgan fingerprint density at radius 1 is 1.04 bits per heavy atom. The number of anilines is 1. The lowest BCUT2D eigenvalue weighted by Crippen LogP contribution is -2.51. The minimum absolute atomic E-state index is 0.398. The van der Waals surface area contributed by atoms with Crippen LogP contribution in [0.15, 0.2) is 48.5 Å². The van der Waals surface area contributed by atoms with Crippen molar-refractivity contribution in [2.24, 2.45) is 5.73 Å². The Kier molecular flexibility index (Phi) is 5.53. The second kappa shape index (κ2) is 7.40. The van der Waals surface area contributed by atoms with Crippen molar-refractivity contribution in [2.45, 2.75) is 32.2 Å². The van der Waals surface area contributed by atoms with Crippen LogP contribution in [0.5, 0.6) is 0 Å². The highest BCUT2D eigenvalue weighted by Gasteiger charge is 2.27. The van der Waals surface area contributed by atoms with E-state index >= 15 is 0 Å². The first-order chi connectivity index (χ1) is 10.9. The minimum Gasteiger partial charge on any atom is -0.394 e. The van der Waals surface area contributed by atoms with Crippen LogP contribution in [0.1, 0.15) is 30.5 Å². The predicted molar refractivity (Wildman–Crippen MR) is 93.4 cm³/mol. The maximum Gasteiger partial charge on any atom is 0.246 e. The normalized spacial score (nSPS) is 13.4. The largest absolute Gasteiger partial charge is 0.394 e. The Balaban J connectivity index is 2.00. The number of nitrogens with one attached hydrogen (secondary N) is 1. The standard InChI is InChI=1S/C19H24N2O2/c1-3-14-4-6-15(7-5-14)12-16-8-10-17(11-9-16)21-18(23)19(2,20)13-22/h4-11,22H,3,12-13,20H2,1-2H3,(H,21,23). The van der Waals surface area contributed by atoms with Gasteiger partial charge in [-0.2, -0.15) is 0 Å². The van der Waals surface area contributed by atoms with Gasteiger partial charge in [-0.05, 0) is 48.6 Å². The van der Waals surface area contributed by atoms with E-state index < -0.39 is 18.1 Å². The van der Waals surface area contributed by atoms with E-state index in [1.807, 2.05) is 24.3 Å². The highest BCUT2D eigenvalue weighted by Crippen LogP contribution is 2.15. The number of hydrogen-bond acceptors (Lipinski definition) is 3. The van der Waals surface area contributed by atoms with Crippen molar-refractivity contribution in [3.63, 3.8) is 0 Å². The van der Waals surface area contributed by atoms with Crippen LogP contribution in [-0.2, 0) is 17.6 Å². The Bertz CT molecular complexity index is 646. The molecule has 2 aromatic carbocycles. The summed E-state index contributed by atoms with van der Waals surface area (Å²) in [6, 6.07) is 16.3. The zero-order valence-electron chi connectivity index (χ0n) is 13.7. The zero-order valence-corrected chi connectivity index (χ0v) is 13.7. The molecule has 0 bridgehead atoms. The number of carbonyl (C=O) groups excluding carboxylic acids is 1. The molecule has 0 fully saturated rings. The third-order valence-corrected chi connectivity index (χ3v) is 3.90. The van der Waals surface area contributed by atoms with Crippen molar-refractivity contribution >= 4 is 11.6 Å². The van der Waals surface area contributed by atoms with Gasteiger partial charge < -0.3 is 16.2 Å². The second-order valence-corrected chi connectivity index (χ2v) is 6.07. The number of carbonyl (C=O) groups is 1. The summed E-state index contributed by atoms with van der Waals surface area (Å²) in [7, 11) is 0. The average molecular weight is 312 g/mol. The van der Waals surface area contributed by atoms with E-state index in [9.17, 15) is 4.79 Å². The van der Waals surface area contributed by atoms with Crippen molar-refractivity contribution in [3.05, 3.63) is 65.2 Å². The average Bonchev–Trinajstić information content (AvgIpc) is 2.57. The van der Waals surface area contributed by atoms with Gasteiger partial charge in [-0.3, -0.25) is 4.79 Å². The molecule has 0 aliphatic carbocycles. The first-order valence-electron chi connectivity index (χ1n) is 7.82. The van der Waals surface area contributed by atoms with Crippen molar-refractivity contribution in [1.29, 1.82) is 0 Å². The fraction of sp³-hybridized carbons (Fsp3) is 0.316. The lowest BCUT2D eigenvalue weighted by atomic mass is 10.0. The number of aryl methyl sites for hydroxylation is 1. The molecule has 1 amide bonds. The Morgan fingerprint density at radius 2 is 1.52 bits per heavy atom. The first kappa shape index (κ1) is 17.2. The van der Waals surface area contributed by atoms with Crippen LogP contribution in [0.4, 0.5) is 5.69 Å². The lowest BCUT2D eigenvalue weighted by molar-refractivity contribution is -0.121. The highest BCUT2D eigenvalue weighted by molar-refractivity contribution is 5.97. The molecule has 23 heavy (non-hydrogen) atoms. The quantitative estimate of drug-likeness (QED) is 0.767. The predicted octanol–water partition coefficient (Wildman–Crippen LogP) is 2.49. The summed E-state index contributed by atoms with van der Waals surface area (Å²) in [6.45, 7) is 3.24. The van der Waals surface area contributed by atoms with Gasteiger partial charge in [0.05, 0.1) is 6.61 Å². The van der Waals surface area contributed by atoms with E-state index in [1.54, 1.807) is 0 Å². The van der Waals surface area contributed by atoms with Gasteiger partial charge in [0.25, 0.3) is 0 Å². The van der Waals surface area contributed by atoms with E-state index in [1.165, 1.54) is 23.6 Å². The minimum atomic E-state index is -1.28. The smallest absolute Gasteiger partial charge is 0.246 e. The van der Waals surface area contributed by atoms with Crippen LogP contribution in [0.3, 0.4) is 0 Å². The van der Waals surface area contributed by atoms with Gasteiger partial charge in [0, 0.05) is 5.69 Å². The summed E-state index contributed by atoms with van der Waals surface area (Å²) >= 11 is 0. The molecule has 0 aliphatic heterocycles. The van der Waals surface area contributed by atoms with E-state index in [4.69, 9.17) is 10.8 Å². The molecule has 0 aromatic heterocycles. The van der Waals surface area contributed by atoms with Crippen LogP contribution >= 0.6 is 0 Å². The van der Waals surface area contributed by atoms with Crippen LogP contribution in [0.25, 0.3) is 0 Å². The number of rotatable bonds is 6. The van der Waals surface area contributed by atoms with Crippen molar-refractivity contribution in [3.8, 4) is 0 Å². The van der Waals surface area contributed by atoms with Gasteiger partial charge >= 0.3 is 0 Å². The lowest BCUT2D eigenvalue weighted by Gasteiger charge is -2.20.